The summed E-state index contributed by atoms with van der Waals surface area (Å²) in [5, 5.41) is 25.0. The van der Waals surface area contributed by atoms with Gasteiger partial charge < -0.3 is 5.32 Å². The number of amides is 2. The van der Waals surface area contributed by atoms with Gasteiger partial charge in [-0.25, -0.2) is 4.39 Å². The van der Waals surface area contributed by atoms with E-state index < -0.39 is 22.8 Å². The zero-order valence-corrected chi connectivity index (χ0v) is 20.0. The maximum Gasteiger partial charge on any atom is 0.269 e. The predicted molar refractivity (Wildman–Crippen MR) is 138 cm³/mol. The topological polar surface area (TPSA) is 127 Å². The third-order valence-electron chi connectivity index (χ3n) is 5.19. The monoisotopic (exact) mass is 517 g/mol. The summed E-state index contributed by atoms with van der Waals surface area (Å²) in [5.41, 5.74) is 2.03. The molecule has 0 bridgehead atoms. The first-order valence-corrected chi connectivity index (χ1v) is 11.9. The average Bonchev–Trinajstić information content (AvgIpc) is 3.36. The Morgan fingerprint density at radius 2 is 1.70 bits per heavy atom. The molecular weight excluding hydrogens is 497 g/mol. The second-order valence-corrected chi connectivity index (χ2v) is 8.82. The molecule has 1 aromatic heterocycles. The first-order chi connectivity index (χ1) is 17.9. The van der Waals surface area contributed by atoms with Crippen molar-refractivity contribution < 1.29 is 18.9 Å². The highest BCUT2D eigenvalue weighted by Crippen LogP contribution is 2.26. The highest BCUT2D eigenvalue weighted by atomic mass is 32.1. The Morgan fingerprint density at radius 3 is 2.38 bits per heavy atom. The van der Waals surface area contributed by atoms with Crippen LogP contribution in [0.15, 0.2) is 84.9 Å². The van der Waals surface area contributed by atoms with Crippen molar-refractivity contribution in [1.82, 2.24) is 15.5 Å². The number of rotatable bonds is 9. The number of carbonyl (C=O) groups excluding carboxylic acids is 2. The van der Waals surface area contributed by atoms with Crippen molar-refractivity contribution in [3.05, 3.63) is 112 Å². The van der Waals surface area contributed by atoms with Gasteiger partial charge >= 0.3 is 0 Å². The lowest BCUT2D eigenvalue weighted by Gasteiger charge is -2.17. The Hall–Kier alpha value is -4.77. The SMILES string of the molecule is O=C(/C=C/c1ccc([N+](=O)[O-])cc1)N[C@@H](Cc1ccccc1)C(=O)Nc1nnc(-c2ccc(F)cc2)s1. The summed E-state index contributed by atoms with van der Waals surface area (Å²) in [6.45, 7) is 0. The van der Waals surface area contributed by atoms with Gasteiger partial charge in [-0.3, -0.25) is 25.0 Å². The van der Waals surface area contributed by atoms with Gasteiger partial charge in [-0.15, -0.1) is 10.2 Å². The van der Waals surface area contributed by atoms with E-state index in [0.717, 1.165) is 16.9 Å². The lowest BCUT2D eigenvalue weighted by molar-refractivity contribution is -0.384. The number of nitro benzene ring substituents is 1. The van der Waals surface area contributed by atoms with Crippen LogP contribution in [0, 0.1) is 15.9 Å². The van der Waals surface area contributed by atoms with Crippen LogP contribution in [-0.4, -0.2) is 33.0 Å². The molecule has 2 amide bonds. The van der Waals surface area contributed by atoms with Crippen LogP contribution in [0.5, 0.6) is 0 Å². The molecule has 1 heterocycles. The highest BCUT2D eigenvalue weighted by Gasteiger charge is 2.22. The number of nitrogens with zero attached hydrogens (tertiary/aromatic N) is 3. The number of nitrogens with one attached hydrogen (secondary N) is 2. The number of non-ortho nitro benzene ring substituents is 1. The molecule has 4 aromatic rings. The van der Waals surface area contributed by atoms with E-state index in [9.17, 15) is 24.1 Å². The van der Waals surface area contributed by atoms with Crippen LogP contribution in [0.4, 0.5) is 15.2 Å². The second-order valence-electron chi connectivity index (χ2n) is 7.84. The van der Waals surface area contributed by atoms with Crippen molar-refractivity contribution in [3.63, 3.8) is 0 Å². The van der Waals surface area contributed by atoms with Gasteiger partial charge in [0.25, 0.3) is 5.69 Å². The fourth-order valence-corrected chi connectivity index (χ4v) is 4.09. The summed E-state index contributed by atoms with van der Waals surface area (Å²) >= 11 is 1.12. The Balaban J connectivity index is 1.45. The number of anilines is 1. The molecule has 0 aliphatic rings. The van der Waals surface area contributed by atoms with Crippen molar-refractivity contribution in [2.24, 2.45) is 0 Å². The van der Waals surface area contributed by atoms with E-state index in [1.165, 1.54) is 48.6 Å². The van der Waals surface area contributed by atoms with Gasteiger partial charge in [-0.2, -0.15) is 0 Å². The first kappa shape index (κ1) is 25.3. The molecule has 0 aliphatic heterocycles. The molecule has 186 valence electrons. The van der Waals surface area contributed by atoms with Crippen molar-refractivity contribution in [1.29, 1.82) is 0 Å². The van der Waals surface area contributed by atoms with Crippen molar-refractivity contribution in [2.45, 2.75) is 12.5 Å². The summed E-state index contributed by atoms with van der Waals surface area (Å²) in [6, 6.07) is 19.8. The summed E-state index contributed by atoms with van der Waals surface area (Å²) < 4.78 is 13.2. The largest absolute Gasteiger partial charge is 0.340 e. The van der Waals surface area contributed by atoms with Crippen molar-refractivity contribution in [2.75, 3.05) is 5.32 Å². The molecule has 3 aromatic carbocycles. The summed E-state index contributed by atoms with van der Waals surface area (Å²) in [7, 11) is 0. The maximum atomic E-state index is 13.2. The van der Waals surface area contributed by atoms with Crippen LogP contribution >= 0.6 is 11.3 Å². The molecule has 0 fully saturated rings. The van der Waals surface area contributed by atoms with Crippen LogP contribution in [0.3, 0.4) is 0 Å². The first-order valence-electron chi connectivity index (χ1n) is 11.0. The molecule has 0 radical (unpaired) electrons. The minimum atomic E-state index is -0.922. The van der Waals surface area contributed by atoms with E-state index in [1.807, 2.05) is 30.3 Å². The molecule has 0 unspecified atom stereocenters. The number of benzene rings is 3. The van der Waals surface area contributed by atoms with E-state index in [1.54, 1.807) is 12.1 Å². The molecule has 1 atom stereocenters. The number of hydrogen-bond donors (Lipinski definition) is 2. The smallest absolute Gasteiger partial charge is 0.269 e. The summed E-state index contributed by atoms with van der Waals surface area (Å²) in [6.07, 6.45) is 2.98. The van der Waals surface area contributed by atoms with Crippen LogP contribution in [0.1, 0.15) is 11.1 Å². The van der Waals surface area contributed by atoms with Gasteiger partial charge in [-0.1, -0.05) is 41.7 Å². The Morgan fingerprint density at radius 1 is 1.00 bits per heavy atom. The fourth-order valence-electron chi connectivity index (χ4n) is 3.33. The van der Waals surface area contributed by atoms with Gasteiger partial charge in [-0.05, 0) is 53.6 Å². The minimum Gasteiger partial charge on any atom is -0.340 e. The summed E-state index contributed by atoms with van der Waals surface area (Å²) in [5.74, 6) is -1.37. The molecule has 11 heteroatoms. The van der Waals surface area contributed by atoms with Gasteiger partial charge in [0.05, 0.1) is 4.92 Å². The van der Waals surface area contributed by atoms with Crippen LogP contribution in [-0.2, 0) is 16.0 Å². The zero-order chi connectivity index (χ0) is 26.2. The second kappa shape index (κ2) is 11.8. The van der Waals surface area contributed by atoms with Crippen molar-refractivity contribution >= 4 is 40.0 Å². The minimum absolute atomic E-state index is 0.0551. The molecular formula is C26H20FN5O4S. The predicted octanol–water partition coefficient (Wildman–Crippen LogP) is 4.63. The third-order valence-corrected chi connectivity index (χ3v) is 6.08. The number of aromatic nitrogens is 2. The third kappa shape index (κ3) is 7.12. The number of halogens is 1. The lowest BCUT2D eigenvalue weighted by atomic mass is 10.1. The number of hydrogen-bond acceptors (Lipinski definition) is 7. The lowest BCUT2D eigenvalue weighted by Crippen LogP contribution is -2.44. The molecule has 9 nitrogen and oxygen atoms in total. The molecule has 37 heavy (non-hydrogen) atoms. The van der Waals surface area contributed by atoms with Gasteiger partial charge in [0.15, 0.2) is 0 Å². The normalized spacial score (nSPS) is 11.7. The Labute approximate surface area is 214 Å². The number of carbonyl (C=O) groups is 2. The zero-order valence-electron chi connectivity index (χ0n) is 19.2. The van der Waals surface area contributed by atoms with E-state index in [-0.39, 0.29) is 23.1 Å². The maximum absolute atomic E-state index is 13.2. The van der Waals surface area contributed by atoms with Gasteiger partial charge in [0.2, 0.25) is 16.9 Å². The molecule has 2 N–H and O–H groups in total. The molecule has 0 saturated heterocycles. The quantitative estimate of drug-likeness (QED) is 0.189. The van der Waals surface area contributed by atoms with Crippen LogP contribution < -0.4 is 10.6 Å². The molecule has 0 aliphatic carbocycles. The van der Waals surface area contributed by atoms with Crippen molar-refractivity contribution in [3.8, 4) is 10.6 Å². The highest BCUT2D eigenvalue weighted by molar-refractivity contribution is 7.18. The summed E-state index contributed by atoms with van der Waals surface area (Å²) in [4.78, 5) is 36.0. The Kier molecular flexibility index (Phi) is 8.06. The van der Waals surface area contributed by atoms with E-state index >= 15 is 0 Å². The van der Waals surface area contributed by atoms with E-state index in [4.69, 9.17) is 0 Å². The fraction of sp³-hybridized carbons (Fsp3) is 0.0769. The van der Waals surface area contributed by atoms with Gasteiger partial charge in [0.1, 0.15) is 16.9 Å². The van der Waals surface area contributed by atoms with Gasteiger partial charge in [0, 0.05) is 30.2 Å². The molecule has 0 saturated carbocycles. The molecule has 0 spiro atoms. The standard InChI is InChI=1S/C26H20FN5O4S/c27-20-11-9-19(10-12-20)25-30-31-26(37-25)29-24(34)22(16-18-4-2-1-3-5-18)28-23(33)15-8-17-6-13-21(14-7-17)32(35)36/h1-15,22H,16H2,(H,28,33)(H,29,31,34)/b15-8+/t22-/m0/s1. The van der Waals surface area contributed by atoms with Crippen LogP contribution in [0.25, 0.3) is 16.6 Å². The Bertz CT molecular complexity index is 1420. The molecule has 4 rings (SSSR count). The van der Waals surface area contributed by atoms with Crippen LogP contribution in [0.2, 0.25) is 0 Å². The average molecular weight is 518 g/mol. The van der Waals surface area contributed by atoms with E-state index in [0.29, 0.717) is 16.1 Å². The number of nitro groups is 1. The van der Waals surface area contributed by atoms with E-state index in [2.05, 4.69) is 20.8 Å².